The first-order valence-electron chi connectivity index (χ1n) is 3.24. The fourth-order valence-corrected chi connectivity index (χ4v) is 1.28. The molecule has 0 aromatic heterocycles. The van der Waals surface area contributed by atoms with Gasteiger partial charge in [-0.15, -0.1) is 0 Å². The van der Waals surface area contributed by atoms with Crippen molar-refractivity contribution in [2.24, 2.45) is 5.41 Å². The van der Waals surface area contributed by atoms with Gasteiger partial charge in [-0.1, -0.05) is 13.8 Å². The molecule has 1 aliphatic rings. The van der Waals surface area contributed by atoms with Crippen LogP contribution in [0.1, 0.15) is 13.8 Å². The first-order valence-corrected chi connectivity index (χ1v) is 3.24. The van der Waals surface area contributed by atoms with Crippen LogP contribution < -0.4 is 0 Å². The Morgan fingerprint density at radius 2 is 2.11 bits per heavy atom. The Balaban J connectivity index is 2.70. The number of carbonyl (C=O) groups is 1. The molecule has 52 valence electrons. The van der Waals surface area contributed by atoms with E-state index in [1.807, 2.05) is 20.9 Å². The van der Waals surface area contributed by atoms with E-state index in [0.29, 0.717) is 12.3 Å². The molecule has 1 aliphatic heterocycles. The van der Waals surface area contributed by atoms with Crippen LogP contribution >= 0.6 is 0 Å². The fraction of sp³-hybridized carbons (Fsp3) is 0.857. The summed E-state index contributed by atoms with van der Waals surface area (Å²) in [6.45, 7) is 5.54. The second-order valence-corrected chi connectivity index (χ2v) is 3.48. The van der Waals surface area contributed by atoms with E-state index in [4.69, 9.17) is 0 Å². The third-order valence-corrected chi connectivity index (χ3v) is 1.83. The molecule has 1 heterocycles. The van der Waals surface area contributed by atoms with Gasteiger partial charge in [0.1, 0.15) is 0 Å². The minimum absolute atomic E-state index is 0.0885. The van der Waals surface area contributed by atoms with Crippen LogP contribution in [0.5, 0.6) is 0 Å². The van der Waals surface area contributed by atoms with Crippen molar-refractivity contribution in [3.05, 3.63) is 0 Å². The van der Waals surface area contributed by atoms with Crippen molar-refractivity contribution in [1.82, 2.24) is 4.90 Å². The normalized spacial score (nSPS) is 27.2. The van der Waals surface area contributed by atoms with Crippen LogP contribution in [0.25, 0.3) is 0 Å². The van der Waals surface area contributed by atoms with Crippen LogP contribution in [0.4, 0.5) is 0 Å². The molecule has 0 radical (unpaired) electrons. The van der Waals surface area contributed by atoms with Crippen LogP contribution in [0.3, 0.4) is 0 Å². The second-order valence-electron chi connectivity index (χ2n) is 3.48. The van der Waals surface area contributed by atoms with Crippen molar-refractivity contribution in [1.29, 1.82) is 0 Å². The maximum Gasteiger partial charge on any atom is 0.153 e. The molecule has 0 amide bonds. The third-order valence-electron chi connectivity index (χ3n) is 1.83. The monoisotopic (exact) mass is 127 g/mol. The molecule has 0 unspecified atom stereocenters. The van der Waals surface area contributed by atoms with Gasteiger partial charge in [0.2, 0.25) is 0 Å². The van der Waals surface area contributed by atoms with Crippen LogP contribution in [0, 0.1) is 5.41 Å². The van der Waals surface area contributed by atoms with E-state index in [2.05, 4.69) is 4.90 Å². The fourth-order valence-electron chi connectivity index (χ4n) is 1.28. The number of hydrogen-bond acceptors (Lipinski definition) is 2. The lowest BCUT2D eigenvalue weighted by Gasteiger charge is -2.13. The zero-order valence-electron chi connectivity index (χ0n) is 6.27. The molecule has 9 heavy (non-hydrogen) atoms. The van der Waals surface area contributed by atoms with E-state index in [9.17, 15) is 4.79 Å². The number of Topliss-reactive ketones (excluding diaryl/α,β-unsaturated/α-hetero) is 1. The lowest BCUT2D eigenvalue weighted by Crippen LogP contribution is -2.21. The van der Waals surface area contributed by atoms with E-state index in [0.717, 1.165) is 6.54 Å². The van der Waals surface area contributed by atoms with Crippen molar-refractivity contribution in [3.8, 4) is 0 Å². The second kappa shape index (κ2) is 1.81. The summed E-state index contributed by atoms with van der Waals surface area (Å²) in [5, 5.41) is 0. The molecule has 2 nitrogen and oxygen atoms in total. The summed E-state index contributed by atoms with van der Waals surface area (Å²) in [7, 11) is 1.98. The van der Waals surface area contributed by atoms with Gasteiger partial charge in [-0.2, -0.15) is 0 Å². The molecular formula is C7H13NO. The number of carbonyl (C=O) groups excluding carboxylic acids is 1. The van der Waals surface area contributed by atoms with Crippen LogP contribution in [-0.4, -0.2) is 30.8 Å². The van der Waals surface area contributed by atoms with Crippen LogP contribution in [-0.2, 0) is 4.79 Å². The third kappa shape index (κ3) is 1.13. The minimum atomic E-state index is -0.0885. The maximum absolute atomic E-state index is 11.1. The number of likely N-dealkylation sites (N-methyl/N-ethyl adjacent to an activating group) is 1. The van der Waals surface area contributed by atoms with Gasteiger partial charge >= 0.3 is 0 Å². The molecule has 1 saturated heterocycles. The zero-order chi connectivity index (χ0) is 7.07. The summed E-state index contributed by atoms with van der Waals surface area (Å²) in [6.07, 6.45) is 0. The summed E-state index contributed by atoms with van der Waals surface area (Å²) in [4.78, 5) is 13.1. The van der Waals surface area contributed by atoms with E-state index >= 15 is 0 Å². The Hall–Kier alpha value is -0.370. The van der Waals surface area contributed by atoms with Crippen LogP contribution in [0.15, 0.2) is 0 Å². The first-order chi connectivity index (χ1) is 4.02. The highest BCUT2D eigenvalue weighted by Gasteiger charge is 2.35. The first kappa shape index (κ1) is 6.75. The predicted molar refractivity (Wildman–Crippen MR) is 36.3 cm³/mol. The topological polar surface area (TPSA) is 20.3 Å². The highest BCUT2D eigenvalue weighted by Crippen LogP contribution is 2.23. The molecule has 2 heteroatoms. The molecule has 0 aromatic rings. The largest absolute Gasteiger partial charge is 0.298 e. The summed E-state index contributed by atoms with van der Waals surface area (Å²) in [5.74, 6) is 0.366. The molecule has 0 atom stereocenters. The van der Waals surface area contributed by atoms with E-state index in [-0.39, 0.29) is 5.41 Å². The number of hydrogen-bond donors (Lipinski definition) is 0. The number of likely N-dealkylation sites (tertiary alicyclic amines) is 1. The highest BCUT2D eigenvalue weighted by molar-refractivity contribution is 5.88. The standard InChI is InChI=1S/C7H13NO/c1-7(2)5-8(3)4-6(7)9/h4-5H2,1-3H3. The number of nitrogens with zero attached hydrogens (tertiary/aromatic N) is 1. The van der Waals surface area contributed by atoms with E-state index < -0.39 is 0 Å². The molecule has 0 N–H and O–H groups in total. The van der Waals surface area contributed by atoms with Crippen molar-refractivity contribution < 1.29 is 4.79 Å². The van der Waals surface area contributed by atoms with Gasteiger partial charge in [-0.25, -0.2) is 0 Å². The quantitative estimate of drug-likeness (QED) is 0.473. The average molecular weight is 127 g/mol. The Morgan fingerprint density at radius 1 is 1.56 bits per heavy atom. The number of rotatable bonds is 0. The van der Waals surface area contributed by atoms with Crippen molar-refractivity contribution in [2.75, 3.05) is 20.1 Å². The Morgan fingerprint density at radius 3 is 2.22 bits per heavy atom. The van der Waals surface area contributed by atoms with Gasteiger partial charge in [-0.05, 0) is 7.05 Å². The average Bonchev–Trinajstić information content (AvgIpc) is 1.79. The van der Waals surface area contributed by atoms with Crippen molar-refractivity contribution >= 4 is 5.78 Å². The molecule has 1 fully saturated rings. The van der Waals surface area contributed by atoms with Crippen LogP contribution in [0.2, 0.25) is 0 Å². The Bertz CT molecular complexity index is 140. The molecule has 0 aromatic carbocycles. The summed E-state index contributed by atoms with van der Waals surface area (Å²) in [6, 6.07) is 0. The molecule has 0 spiro atoms. The molecule has 0 saturated carbocycles. The lowest BCUT2D eigenvalue weighted by molar-refractivity contribution is -0.123. The van der Waals surface area contributed by atoms with Gasteiger partial charge < -0.3 is 0 Å². The molecule has 1 rings (SSSR count). The molecule has 0 bridgehead atoms. The smallest absolute Gasteiger partial charge is 0.153 e. The SMILES string of the molecule is CN1CC(=O)C(C)(C)C1. The molecular weight excluding hydrogens is 114 g/mol. The highest BCUT2D eigenvalue weighted by atomic mass is 16.1. The summed E-state index contributed by atoms with van der Waals surface area (Å²) >= 11 is 0. The summed E-state index contributed by atoms with van der Waals surface area (Å²) < 4.78 is 0. The van der Waals surface area contributed by atoms with E-state index in [1.54, 1.807) is 0 Å². The Kier molecular flexibility index (Phi) is 1.35. The van der Waals surface area contributed by atoms with Crippen molar-refractivity contribution in [3.63, 3.8) is 0 Å². The van der Waals surface area contributed by atoms with Gasteiger partial charge in [0, 0.05) is 12.0 Å². The van der Waals surface area contributed by atoms with Gasteiger partial charge in [0.15, 0.2) is 5.78 Å². The lowest BCUT2D eigenvalue weighted by atomic mass is 9.92. The van der Waals surface area contributed by atoms with E-state index in [1.165, 1.54) is 0 Å². The van der Waals surface area contributed by atoms with Gasteiger partial charge in [0.25, 0.3) is 0 Å². The van der Waals surface area contributed by atoms with Gasteiger partial charge in [0.05, 0.1) is 6.54 Å². The van der Waals surface area contributed by atoms with Gasteiger partial charge in [-0.3, -0.25) is 9.69 Å². The number of ketones is 1. The Labute approximate surface area is 55.8 Å². The minimum Gasteiger partial charge on any atom is -0.298 e. The van der Waals surface area contributed by atoms with Crippen molar-refractivity contribution in [2.45, 2.75) is 13.8 Å². The zero-order valence-corrected chi connectivity index (χ0v) is 6.27. The molecule has 0 aliphatic carbocycles. The predicted octanol–water partition coefficient (Wildman–Crippen LogP) is 0.527. The maximum atomic E-state index is 11.1. The summed E-state index contributed by atoms with van der Waals surface area (Å²) in [5.41, 5.74) is -0.0885.